The van der Waals surface area contributed by atoms with Crippen molar-refractivity contribution in [3.8, 4) is 11.4 Å². The molecule has 0 aliphatic carbocycles. The van der Waals surface area contributed by atoms with Crippen molar-refractivity contribution >= 4 is 34.3 Å². The quantitative estimate of drug-likeness (QED) is 0.505. The normalized spacial score (nSPS) is 14.3. The van der Waals surface area contributed by atoms with Crippen LogP contribution in [0.25, 0.3) is 16.6 Å². The molecule has 1 aliphatic rings. The van der Waals surface area contributed by atoms with Crippen molar-refractivity contribution in [3.63, 3.8) is 0 Å². The molecule has 0 atom stereocenters. The lowest BCUT2D eigenvalue weighted by Crippen LogP contribution is -2.26. The van der Waals surface area contributed by atoms with E-state index in [9.17, 15) is 4.39 Å². The fourth-order valence-corrected chi connectivity index (χ4v) is 4.21. The smallest absolute Gasteiger partial charge is 0.221 e. The van der Waals surface area contributed by atoms with Crippen molar-refractivity contribution in [1.82, 2.24) is 19.4 Å². The molecular weight excluding hydrogens is 419 g/mol. The number of halogens is 2. The molecule has 4 aromatic rings. The predicted octanol–water partition coefficient (Wildman–Crippen LogP) is 3.77. The zero-order valence-corrected chi connectivity index (χ0v) is 17.3. The highest BCUT2D eigenvalue weighted by Crippen LogP contribution is 2.35. The molecule has 31 heavy (non-hydrogen) atoms. The Balaban J connectivity index is 1.49. The minimum absolute atomic E-state index is 0.154. The first kappa shape index (κ1) is 19.6. The second kappa shape index (κ2) is 7.72. The fraction of sp³-hybridized carbons (Fsp3) is 0.182. The van der Waals surface area contributed by atoms with E-state index in [2.05, 4.69) is 14.9 Å². The average Bonchev–Trinajstić information content (AvgIpc) is 3.03. The molecule has 1 aliphatic heterocycles. The van der Waals surface area contributed by atoms with Crippen LogP contribution in [0.3, 0.4) is 0 Å². The third-order valence-corrected chi connectivity index (χ3v) is 5.67. The first-order chi connectivity index (χ1) is 15.0. The molecule has 0 saturated heterocycles. The third kappa shape index (κ3) is 3.75. The van der Waals surface area contributed by atoms with Gasteiger partial charge < -0.3 is 20.8 Å². The molecule has 9 heteroatoms. The summed E-state index contributed by atoms with van der Waals surface area (Å²) in [6, 6.07) is 10.5. The highest BCUT2D eigenvalue weighted by Gasteiger charge is 2.21. The van der Waals surface area contributed by atoms with Gasteiger partial charge in [-0.1, -0.05) is 11.6 Å². The number of nitrogen functional groups attached to an aromatic ring is 2. The van der Waals surface area contributed by atoms with E-state index in [1.54, 1.807) is 12.3 Å². The molecule has 0 saturated carbocycles. The van der Waals surface area contributed by atoms with Crippen LogP contribution >= 0.6 is 11.6 Å². The van der Waals surface area contributed by atoms with Gasteiger partial charge in [0.25, 0.3) is 0 Å². The van der Waals surface area contributed by atoms with Crippen LogP contribution in [0, 0.1) is 5.82 Å². The van der Waals surface area contributed by atoms with Crippen molar-refractivity contribution in [2.45, 2.75) is 13.1 Å². The van der Waals surface area contributed by atoms with Gasteiger partial charge in [-0.25, -0.2) is 9.37 Å². The van der Waals surface area contributed by atoms with E-state index in [1.807, 2.05) is 29.0 Å². The summed E-state index contributed by atoms with van der Waals surface area (Å²) in [4.78, 5) is 10.3. The van der Waals surface area contributed by atoms with Crippen LogP contribution in [-0.4, -0.2) is 32.6 Å². The summed E-state index contributed by atoms with van der Waals surface area (Å²) in [5.74, 6) is 0.939. The third-order valence-electron chi connectivity index (χ3n) is 5.39. The molecule has 0 spiro atoms. The molecule has 0 amide bonds. The van der Waals surface area contributed by atoms with Crippen LogP contribution in [0.1, 0.15) is 11.1 Å². The van der Waals surface area contributed by atoms with E-state index >= 15 is 0 Å². The number of hydrogen-bond donors (Lipinski definition) is 2. The number of rotatable bonds is 3. The minimum atomic E-state index is -0.264. The highest BCUT2D eigenvalue weighted by molar-refractivity contribution is 6.32. The molecule has 0 unspecified atom stereocenters. The number of anilines is 2. The monoisotopic (exact) mass is 438 g/mol. The standard InChI is InChI=1S/C22H20ClFN6O/c23-18-9-17(30-4-3-13-7-16(24)1-2-19(13)30)8-14-11-29(5-6-31-20(14)18)12-15-10-27-22(26)28-21(15)25/h1-4,7-10H,5-6,11-12H2,(H4,25,26,27,28). The Morgan fingerprint density at radius 3 is 2.87 bits per heavy atom. The van der Waals surface area contributed by atoms with Gasteiger partial charge in [0.05, 0.1) is 10.5 Å². The predicted molar refractivity (Wildman–Crippen MR) is 119 cm³/mol. The Morgan fingerprint density at radius 1 is 1.16 bits per heavy atom. The zero-order valence-electron chi connectivity index (χ0n) is 16.6. The van der Waals surface area contributed by atoms with Gasteiger partial charge in [-0.3, -0.25) is 4.90 Å². The lowest BCUT2D eigenvalue weighted by Gasteiger charge is -2.20. The summed E-state index contributed by atoms with van der Waals surface area (Å²) in [5.41, 5.74) is 15.2. The molecular formula is C22H20ClFN6O. The molecule has 5 rings (SSSR count). The SMILES string of the molecule is Nc1ncc(CN2CCOc3c(Cl)cc(-n4ccc5cc(F)ccc54)cc3C2)c(N)n1. The first-order valence-corrected chi connectivity index (χ1v) is 10.2. The van der Waals surface area contributed by atoms with Crippen molar-refractivity contribution in [3.05, 3.63) is 70.8 Å². The number of ether oxygens (including phenoxy) is 1. The summed E-state index contributed by atoms with van der Waals surface area (Å²) in [6.45, 7) is 2.35. The number of benzene rings is 2. The van der Waals surface area contributed by atoms with Crippen molar-refractivity contribution < 1.29 is 9.13 Å². The molecule has 2 aromatic carbocycles. The van der Waals surface area contributed by atoms with Crippen molar-refractivity contribution in [2.75, 3.05) is 24.6 Å². The Hall–Kier alpha value is -3.36. The number of fused-ring (bicyclic) bond motifs is 2. The molecule has 4 N–H and O–H groups in total. The van der Waals surface area contributed by atoms with Crippen LogP contribution in [0.4, 0.5) is 16.2 Å². The minimum Gasteiger partial charge on any atom is -0.490 e. The summed E-state index contributed by atoms with van der Waals surface area (Å²) in [6.07, 6.45) is 3.56. The van der Waals surface area contributed by atoms with Crippen molar-refractivity contribution in [2.24, 2.45) is 0 Å². The highest BCUT2D eigenvalue weighted by atomic mass is 35.5. The molecule has 3 heterocycles. The van der Waals surface area contributed by atoms with E-state index in [0.717, 1.165) is 27.7 Å². The molecule has 0 bridgehead atoms. The van der Waals surface area contributed by atoms with Gasteiger partial charge in [0.15, 0.2) is 0 Å². The Bertz CT molecular complexity index is 1290. The van der Waals surface area contributed by atoms with Gasteiger partial charge in [0.2, 0.25) is 5.95 Å². The number of aromatic nitrogens is 3. The topological polar surface area (TPSA) is 95.2 Å². The molecule has 0 fully saturated rings. The van der Waals surface area contributed by atoms with Gasteiger partial charge in [-0.15, -0.1) is 0 Å². The fourth-order valence-electron chi connectivity index (χ4n) is 3.92. The summed E-state index contributed by atoms with van der Waals surface area (Å²) >= 11 is 6.59. The van der Waals surface area contributed by atoms with Crippen LogP contribution in [0.15, 0.2) is 48.8 Å². The van der Waals surface area contributed by atoms with Gasteiger partial charge in [0.1, 0.15) is 24.0 Å². The van der Waals surface area contributed by atoms with Gasteiger partial charge >= 0.3 is 0 Å². The second-order valence-corrected chi connectivity index (χ2v) is 7.91. The van der Waals surface area contributed by atoms with Crippen LogP contribution in [-0.2, 0) is 13.1 Å². The van der Waals surface area contributed by atoms with Gasteiger partial charge in [-0.05, 0) is 36.4 Å². The maximum atomic E-state index is 13.6. The van der Waals surface area contributed by atoms with Crippen LogP contribution in [0.2, 0.25) is 5.02 Å². The number of nitrogens with zero attached hydrogens (tertiary/aromatic N) is 4. The molecule has 158 valence electrons. The number of nitrogens with two attached hydrogens (primary N) is 2. The second-order valence-electron chi connectivity index (χ2n) is 7.50. The zero-order chi connectivity index (χ0) is 21.5. The van der Waals surface area contributed by atoms with E-state index in [4.69, 9.17) is 27.8 Å². The largest absolute Gasteiger partial charge is 0.490 e. The number of hydrogen-bond acceptors (Lipinski definition) is 6. The maximum absolute atomic E-state index is 13.6. The summed E-state index contributed by atoms with van der Waals surface area (Å²) in [5, 5.41) is 1.36. The van der Waals surface area contributed by atoms with E-state index in [1.165, 1.54) is 12.1 Å². The van der Waals surface area contributed by atoms with E-state index < -0.39 is 0 Å². The van der Waals surface area contributed by atoms with Gasteiger partial charge in [-0.2, -0.15) is 4.98 Å². The van der Waals surface area contributed by atoms with Crippen LogP contribution < -0.4 is 16.2 Å². The van der Waals surface area contributed by atoms with Crippen LogP contribution in [0.5, 0.6) is 5.75 Å². The van der Waals surface area contributed by atoms with Crippen molar-refractivity contribution in [1.29, 1.82) is 0 Å². The molecule has 2 aromatic heterocycles. The Morgan fingerprint density at radius 2 is 2.03 bits per heavy atom. The summed E-state index contributed by atoms with van der Waals surface area (Å²) < 4.78 is 21.5. The average molecular weight is 439 g/mol. The Kier molecular flexibility index (Phi) is 4.88. The summed E-state index contributed by atoms with van der Waals surface area (Å²) in [7, 11) is 0. The lowest BCUT2D eigenvalue weighted by molar-refractivity contribution is 0.219. The molecule has 7 nitrogen and oxygen atoms in total. The van der Waals surface area contributed by atoms with E-state index in [-0.39, 0.29) is 11.8 Å². The first-order valence-electron chi connectivity index (χ1n) is 9.79. The molecule has 0 radical (unpaired) electrons. The van der Waals surface area contributed by atoms with E-state index in [0.29, 0.717) is 42.8 Å². The Labute approximate surface area is 183 Å². The lowest BCUT2D eigenvalue weighted by atomic mass is 10.1. The van der Waals surface area contributed by atoms with Gasteiger partial charge in [0, 0.05) is 54.2 Å². The maximum Gasteiger partial charge on any atom is 0.221 e.